The molecule has 0 aromatic carbocycles. The largest absolute Gasteiger partial charge is 0.315 e. The molecule has 94 valence electrons. The lowest BCUT2D eigenvalue weighted by Crippen LogP contribution is -1.99. The number of hydrogen-bond donors (Lipinski definition) is 0. The van der Waals surface area contributed by atoms with Crippen molar-refractivity contribution in [1.82, 2.24) is 19.5 Å². The van der Waals surface area contributed by atoms with Crippen LogP contribution in [0.4, 0.5) is 4.39 Å². The Balaban J connectivity index is 2.41. The Kier molecular flexibility index (Phi) is 4.15. The maximum atomic E-state index is 13.3. The molecular formula is C12H13FN4S. The number of rotatable bonds is 5. The fraction of sp³-hybridized carbons (Fsp3) is 0.417. The van der Waals surface area contributed by atoms with Crippen LogP contribution >= 0.6 is 11.8 Å². The second kappa shape index (κ2) is 5.83. The average molecular weight is 264 g/mol. The summed E-state index contributed by atoms with van der Waals surface area (Å²) in [5.74, 6) is 3.43. The van der Waals surface area contributed by atoms with Gasteiger partial charge in [-0.05, 0) is 12.2 Å². The first-order chi connectivity index (χ1) is 8.76. The molecule has 0 aliphatic rings. The van der Waals surface area contributed by atoms with Crippen LogP contribution < -0.4 is 0 Å². The molecule has 0 aliphatic heterocycles. The molecule has 0 N–H and O–H groups in total. The van der Waals surface area contributed by atoms with Gasteiger partial charge in [-0.1, -0.05) is 19.3 Å². The first-order valence-corrected chi connectivity index (χ1v) is 6.69. The molecule has 2 aromatic heterocycles. The molecule has 4 nitrogen and oxygen atoms in total. The van der Waals surface area contributed by atoms with Crippen molar-refractivity contribution in [1.29, 1.82) is 0 Å². The SMILES string of the molecule is C#CCn1cnc2nc(F)nc(SCCCC)c21. The van der Waals surface area contributed by atoms with Crippen molar-refractivity contribution >= 4 is 22.9 Å². The molecule has 0 radical (unpaired) electrons. The van der Waals surface area contributed by atoms with E-state index in [1.165, 1.54) is 11.8 Å². The Morgan fingerprint density at radius 1 is 1.50 bits per heavy atom. The van der Waals surface area contributed by atoms with Crippen molar-refractivity contribution in [2.24, 2.45) is 0 Å². The molecule has 0 bridgehead atoms. The quantitative estimate of drug-likeness (QED) is 0.273. The molecule has 2 aromatic rings. The summed E-state index contributed by atoms with van der Waals surface area (Å²) >= 11 is 1.51. The van der Waals surface area contributed by atoms with E-state index in [4.69, 9.17) is 6.42 Å². The van der Waals surface area contributed by atoms with Crippen LogP contribution in [-0.4, -0.2) is 25.3 Å². The van der Waals surface area contributed by atoms with E-state index in [1.54, 1.807) is 10.9 Å². The zero-order chi connectivity index (χ0) is 13.0. The molecule has 6 heteroatoms. The number of hydrogen-bond acceptors (Lipinski definition) is 4. The van der Waals surface area contributed by atoms with Gasteiger partial charge in [0.2, 0.25) is 0 Å². The summed E-state index contributed by atoms with van der Waals surface area (Å²) in [5.41, 5.74) is 1.08. The van der Waals surface area contributed by atoms with E-state index in [0.717, 1.165) is 24.1 Å². The number of terminal acetylenes is 1. The van der Waals surface area contributed by atoms with Gasteiger partial charge in [0.25, 0.3) is 0 Å². The van der Waals surface area contributed by atoms with Crippen molar-refractivity contribution < 1.29 is 4.39 Å². The van der Waals surface area contributed by atoms with Gasteiger partial charge < -0.3 is 4.57 Å². The summed E-state index contributed by atoms with van der Waals surface area (Å²) in [6, 6.07) is 0. The average Bonchev–Trinajstić information content (AvgIpc) is 2.73. The third kappa shape index (κ3) is 2.62. The summed E-state index contributed by atoms with van der Waals surface area (Å²) in [4.78, 5) is 11.6. The lowest BCUT2D eigenvalue weighted by atomic mass is 10.4. The summed E-state index contributed by atoms with van der Waals surface area (Å²) in [6.45, 7) is 2.49. The highest BCUT2D eigenvalue weighted by molar-refractivity contribution is 7.99. The van der Waals surface area contributed by atoms with Crippen LogP contribution in [0.2, 0.25) is 0 Å². The third-order valence-electron chi connectivity index (χ3n) is 2.41. The highest BCUT2D eigenvalue weighted by Crippen LogP contribution is 2.25. The summed E-state index contributed by atoms with van der Waals surface area (Å²) in [6.07, 6.45) is 8.27. The van der Waals surface area contributed by atoms with E-state index in [0.29, 0.717) is 17.2 Å². The Morgan fingerprint density at radius 2 is 2.33 bits per heavy atom. The normalized spacial score (nSPS) is 10.7. The standard InChI is InChI=1S/C12H13FN4S/c1-3-5-7-18-11-9-10(15-12(13)16-11)14-8-17(9)6-4-2/h2,8H,3,5-7H2,1H3. The van der Waals surface area contributed by atoms with Gasteiger partial charge in [-0.3, -0.25) is 0 Å². The minimum absolute atomic E-state index is 0.358. The Hall–Kier alpha value is -1.61. The summed E-state index contributed by atoms with van der Waals surface area (Å²) < 4.78 is 15.0. The number of nitrogens with zero attached hydrogens (tertiary/aromatic N) is 4. The highest BCUT2D eigenvalue weighted by atomic mass is 32.2. The monoisotopic (exact) mass is 264 g/mol. The van der Waals surface area contributed by atoms with Crippen LogP contribution in [0.5, 0.6) is 0 Å². The molecular weight excluding hydrogens is 251 g/mol. The molecule has 0 saturated heterocycles. The van der Waals surface area contributed by atoms with Crippen LogP contribution in [0.25, 0.3) is 11.2 Å². The number of halogens is 1. The second-order valence-electron chi connectivity index (χ2n) is 3.75. The van der Waals surface area contributed by atoms with E-state index in [1.807, 2.05) is 0 Å². The van der Waals surface area contributed by atoms with Crippen molar-refractivity contribution in [2.45, 2.75) is 31.3 Å². The van der Waals surface area contributed by atoms with Gasteiger partial charge >= 0.3 is 6.08 Å². The van der Waals surface area contributed by atoms with Crippen LogP contribution in [0.1, 0.15) is 19.8 Å². The molecule has 0 atom stereocenters. The first kappa shape index (κ1) is 12.8. The van der Waals surface area contributed by atoms with Gasteiger partial charge in [-0.2, -0.15) is 14.4 Å². The predicted molar refractivity (Wildman–Crippen MR) is 69.7 cm³/mol. The molecule has 0 saturated carbocycles. The number of unbranched alkanes of at least 4 members (excludes halogenated alkanes) is 1. The Bertz CT molecular complexity index is 588. The topological polar surface area (TPSA) is 43.6 Å². The molecule has 0 fully saturated rings. The molecule has 0 unspecified atom stereocenters. The highest BCUT2D eigenvalue weighted by Gasteiger charge is 2.13. The number of thioether (sulfide) groups is 1. The van der Waals surface area contributed by atoms with E-state index in [-0.39, 0.29) is 0 Å². The van der Waals surface area contributed by atoms with Gasteiger partial charge in [0.15, 0.2) is 5.65 Å². The maximum Gasteiger partial charge on any atom is 0.311 e. The number of fused-ring (bicyclic) bond motifs is 1. The molecule has 2 heterocycles. The first-order valence-electron chi connectivity index (χ1n) is 5.71. The fourth-order valence-electron chi connectivity index (χ4n) is 1.55. The van der Waals surface area contributed by atoms with E-state index in [2.05, 4.69) is 27.8 Å². The van der Waals surface area contributed by atoms with E-state index >= 15 is 0 Å². The second-order valence-corrected chi connectivity index (χ2v) is 4.83. The Morgan fingerprint density at radius 3 is 3.06 bits per heavy atom. The van der Waals surface area contributed by atoms with Crippen molar-refractivity contribution in [3.63, 3.8) is 0 Å². The van der Waals surface area contributed by atoms with Gasteiger partial charge in [0.1, 0.15) is 10.5 Å². The summed E-state index contributed by atoms with van der Waals surface area (Å²) in [7, 11) is 0. The minimum atomic E-state index is -0.743. The van der Waals surface area contributed by atoms with Crippen molar-refractivity contribution in [3.8, 4) is 12.3 Å². The van der Waals surface area contributed by atoms with Gasteiger partial charge in [-0.15, -0.1) is 18.2 Å². The number of imidazole rings is 1. The molecule has 0 aliphatic carbocycles. The van der Waals surface area contributed by atoms with Crippen molar-refractivity contribution in [2.75, 3.05) is 5.75 Å². The zero-order valence-corrected chi connectivity index (χ0v) is 10.9. The lowest BCUT2D eigenvalue weighted by Gasteiger charge is -2.04. The van der Waals surface area contributed by atoms with Gasteiger partial charge in [0, 0.05) is 0 Å². The Labute approximate surface area is 109 Å². The third-order valence-corrected chi connectivity index (χ3v) is 3.46. The molecule has 2 rings (SSSR count). The van der Waals surface area contributed by atoms with Crippen molar-refractivity contribution in [3.05, 3.63) is 12.4 Å². The smallest absolute Gasteiger partial charge is 0.311 e. The maximum absolute atomic E-state index is 13.3. The van der Waals surface area contributed by atoms with E-state index < -0.39 is 6.08 Å². The number of aromatic nitrogens is 4. The van der Waals surface area contributed by atoms with Crippen LogP contribution in [0.3, 0.4) is 0 Å². The molecule has 0 spiro atoms. The molecule has 0 amide bonds. The summed E-state index contributed by atoms with van der Waals surface area (Å²) in [5, 5.41) is 0.610. The minimum Gasteiger partial charge on any atom is -0.315 e. The van der Waals surface area contributed by atoms with Crippen LogP contribution in [0.15, 0.2) is 11.4 Å². The van der Waals surface area contributed by atoms with Crippen LogP contribution in [0, 0.1) is 18.4 Å². The van der Waals surface area contributed by atoms with Crippen LogP contribution in [-0.2, 0) is 6.54 Å². The fourth-order valence-corrected chi connectivity index (χ4v) is 2.66. The molecule has 18 heavy (non-hydrogen) atoms. The van der Waals surface area contributed by atoms with Gasteiger partial charge in [0.05, 0.1) is 12.9 Å². The lowest BCUT2D eigenvalue weighted by molar-refractivity contribution is 0.533. The van der Waals surface area contributed by atoms with E-state index in [9.17, 15) is 4.39 Å². The predicted octanol–water partition coefficient (Wildman–Crippen LogP) is 2.49. The van der Waals surface area contributed by atoms with Gasteiger partial charge in [-0.25, -0.2) is 4.98 Å². The zero-order valence-electron chi connectivity index (χ0n) is 10.1.